The Balaban J connectivity index is 2.73. The molecule has 0 aromatic heterocycles. The molecule has 0 saturated heterocycles. The van der Waals surface area contributed by atoms with E-state index in [1.807, 2.05) is 33.0 Å². The van der Waals surface area contributed by atoms with Crippen molar-refractivity contribution in [1.82, 2.24) is 4.90 Å². The van der Waals surface area contributed by atoms with Gasteiger partial charge in [-0.25, -0.2) is 0 Å². The number of aryl methyl sites for hydroxylation is 1. The molecule has 0 saturated carbocycles. The van der Waals surface area contributed by atoms with Crippen LogP contribution in [0.2, 0.25) is 0 Å². The summed E-state index contributed by atoms with van der Waals surface area (Å²) in [6.45, 7) is 6.80. The maximum Gasteiger partial charge on any atom is 0.229 e. The smallest absolute Gasteiger partial charge is 0.229 e. The molecule has 1 rings (SSSR count). The number of carbonyl (C=O) groups is 1. The third kappa shape index (κ3) is 3.56. The Morgan fingerprint density at radius 1 is 1.41 bits per heavy atom. The van der Waals surface area contributed by atoms with E-state index in [0.29, 0.717) is 13.1 Å². The fraction of sp³-hybridized carbons (Fsp3) is 0.500. The van der Waals surface area contributed by atoms with Gasteiger partial charge in [-0.3, -0.25) is 4.79 Å². The van der Waals surface area contributed by atoms with E-state index in [1.54, 1.807) is 4.90 Å². The van der Waals surface area contributed by atoms with Crippen LogP contribution >= 0.6 is 0 Å². The first kappa shape index (κ1) is 13.7. The van der Waals surface area contributed by atoms with E-state index < -0.39 is 5.41 Å². The maximum atomic E-state index is 12.1. The van der Waals surface area contributed by atoms with Crippen molar-refractivity contribution in [3.63, 3.8) is 0 Å². The monoisotopic (exact) mass is 234 g/mol. The number of rotatable bonds is 4. The van der Waals surface area contributed by atoms with E-state index >= 15 is 0 Å². The van der Waals surface area contributed by atoms with Gasteiger partial charge in [0.15, 0.2) is 0 Å². The van der Waals surface area contributed by atoms with E-state index in [9.17, 15) is 4.79 Å². The minimum Gasteiger partial charge on any atom is -0.341 e. The lowest BCUT2D eigenvalue weighted by Crippen LogP contribution is -2.42. The minimum atomic E-state index is -0.488. The first-order valence-electron chi connectivity index (χ1n) is 5.88. The number of nitrogens with zero attached hydrogens (tertiary/aromatic N) is 1. The molecule has 0 spiro atoms. The lowest BCUT2D eigenvalue weighted by atomic mass is 9.92. The predicted octanol–water partition coefficient (Wildman–Crippen LogP) is 1.94. The molecule has 94 valence electrons. The van der Waals surface area contributed by atoms with Crippen molar-refractivity contribution in [2.45, 2.75) is 27.3 Å². The second kappa shape index (κ2) is 5.32. The van der Waals surface area contributed by atoms with Crippen molar-refractivity contribution in [3.8, 4) is 0 Å². The molecule has 0 atom stereocenters. The predicted molar refractivity (Wildman–Crippen MR) is 70.5 cm³/mol. The van der Waals surface area contributed by atoms with E-state index in [2.05, 4.69) is 19.1 Å². The summed E-state index contributed by atoms with van der Waals surface area (Å²) in [6.07, 6.45) is 0. The van der Waals surface area contributed by atoms with Gasteiger partial charge >= 0.3 is 0 Å². The normalized spacial score (nSPS) is 11.4. The van der Waals surface area contributed by atoms with Gasteiger partial charge in [-0.15, -0.1) is 0 Å². The van der Waals surface area contributed by atoms with Gasteiger partial charge in [-0.2, -0.15) is 0 Å². The van der Waals surface area contributed by atoms with Crippen molar-refractivity contribution in [3.05, 3.63) is 35.4 Å². The third-order valence-corrected chi connectivity index (χ3v) is 2.94. The number of carbonyl (C=O) groups excluding carboxylic acids is 1. The lowest BCUT2D eigenvalue weighted by molar-refractivity contribution is -0.139. The van der Waals surface area contributed by atoms with Gasteiger partial charge in [0, 0.05) is 20.1 Å². The Hall–Kier alpha value is -1.35. The highest BCUT2D eigenvalue weighted by atomic mass is 16.2. The quantitative estimate of drug-likeness (QED) is 0.865. The Morgan fingerprint density at radius 2 is 2.06 bits per heavy atom. The summed E-state index contributed by atoms with van der Waals surface area (Å²) < 4.78 is 0. The zero-order valence-corrected chi connectivity index (χ0v) is 11.2. The summed E-state index contributed by atoms with van der Waals surface area (Å²) in [7, 11) is 1.82. The van der Waals surface area contributed by atoms with Crippen LogP contribution in [-0.4, -0.2) is 24.4 Å². The van der Waals surface area contributed by atoms with E-state index in [4.69, 9.17) is 5.73 Å². The number of nitrogens with two attached hydrogens (primary N) is 1. The molecule has 0 heterocycles. The molecule has 0 aliphatic rings. The van der Waals surface area contributed by atoms with Gasteiger partial charge in [-0.1, -0.05) is 29.8 Å². The Morgan fingerprint density at radius 3 is 2.59 bits per heavy atom. The maximum absolute atomic E-state index is 12.1. The molecular formula is C14H22N2O. The summed E-state index contributed by atoms with van der Waals surface area (Å²) >= 11 is 0. The topological polar surface area (TPSA) is 46.3 Å². The largest absolute Gasteiger partial charge is 0.341 e. The number of amides is 1. The SMILES string of the molecule is Cc1cccc(CN(C)C(=O)C(C)(C)CN)c1. The fourth-order valence-electron chi connectivity index (χ4n) is 1.76. The first-order chi connectivity index (χ1) is 7.86. The average Bonchev–Trinajstić information content (AvgIpc) is 2.28. The van der Waals surface area contributed by atoms with Crippen molar-refractivity contribution < 1.29 is 4.79 Å². The van der Waals surface area contributed by atoms with Crippen LogP contribution in [0, 0.1) is 12.3 Å². The molecule has 3 heteroatoms. The van der Waals surface area contributed by atoms with Crippen molar-refractivity contribution in [2.75, 3.05) is 13.6 Å². The molecule has 0 bridgehead atoms. The van der Waals surface area contributed by atoms with Crippen LogP contribution in [0.1, 0.15) is 25.0 Å². The van der Waals surface area contributed by atoms with Crippen LogP contribution in [0.25, 0.3) is 0 Å². The van der Waals surface area contributed by atoms with Gasteiger partial charge < -0.3 is 10.6 Å². The van der Waals surface area contributed by atoms with Crippen LogP contribution in [0.4, 0.5) is 0 Å². The molecule has 17 heavy (non-hydrogen) atoms. The number of benzene rings is 1. The number of hydrogen-bond acceptors (Lipinski definition) is 2. The van der Waals surface area contributed by atoms with Gasteiger partial charge in [0.1, 0.15) is 0 Å². The summed E-state index contributed by atoms with van der Waals surface area (Å²) in [5.41, 5.74) is 7.48. The molecule has 2 N–H and O–H groups in total. The Kier molecular flexibility index (Phi) is 4.29. The summed E-state index contributed by atoms with van der Waals surface area (Å²) in [5, 5.41) is 0. The van der Waals surface area contributed by atoms with Crippen LogP contribution < -0.4 is 5.73 Å². The van der Waals surface area contributed by atoms with Gasteiger partial charge in [0.05, 0.1) is 5.41 Å². The van der Waals surface area contributed by atoms with E-state index in [0.717, 1.165) is 5.56 Å². The van der Waals surface area contributed by atoms with Crippen LogP contribution in [0.15, 0.2) is 24.3 Å². The molecule has 3 nitrogen and oxygen atoms in total. The van der Waals surface area contributed by atoms with Gasteiger partial charge in [0.25, 0.3) is 0 Å². The van der Waals surface area contributed by atoms with Gasteiger partial charge in [0.2, 0.25) is 5.91 Å². The van der Waals surface area contributed by atoms with Crippen molar-refractivity contribution in [2.24, 2.45) is 11.1 Å². The van der Waals surface area contributed by atoms with Gasteiger partial charge in [-0.05, 0) is 26.3 Å². The molecule has 0 unspecified atom stereocenters. The molecule has 0 aliphatic carbocycles. The molecule has 0 radical (unpaired) electrons. The number of hydrogen-bond donors (Lipinski definition) is 1. The summed E-state index contributed by atoms with van der Waals surface area (Å²) in [5.74, 6) is 0.0847. The Labute approximate surface area is 104 Å². The molecular weight excluding hydrogens is 212 g/mol. The highest BCUT2D eigenvalue weighted by Crippen LogP contribution is 2.17. The standard InChI is InChI=1S/C14H22N2O/c1-11-6-5-7-12(8-11)9-16(4)13(17)14(2,3)10-15/h5-8H,9-10,15H2,1-4H3. The fourth-order valence-corrected chi connectivity index (χ4v) is 1.76. The molecule has 1 aromatic carbocycles. The highest BCUT2D eigenvalue weighted by Gasteiger charge is 2.28. The molecule has 1 aromatic rings. The molecule has 1 amide bonds. The van der Waals surface area contributed by atoms with Crippen LogP contribution in [0.3, 0.4) is 0 Å². The summed E-state index contributed by atoms with van der Waals surface area (Å²) in [6, 6.07) is 8.19. The highest BCUT2D eigenvalue weighted by molar-refractivity contribution is 5.81. The molecule has 0 aliphatic heterocycles. The summed E-state index contributed by atoms with van der Waals surface area (Å²) in [4.78, 5) is 13.9. The minimum absolute atomic E-state index is 0.0847. The average molecular weight is 234 g/mol. The lowest BCUT2D eigenvalue weighted by Gasteiger charge is -2.28. The van der Waals surface area contributed by atoms with E-state index in [-0.39, 0.29) is 5.91 Å². The van der Waals surface area contributed by atoms with Crippen LogP contribution in [0.5, 0.6) is 0 Å². The second-order valence-corrected chi connectivity index (χ2v) is 5.24. The van der Waals surface area contributed by atoms with Crippen molar-refractivity contribution >= 4 is 5.91 Å². The third-order valence-electron chi connectivity index (χ3n) is 2.94. The van der Waals surface area contributed by atoms with Crippen molar-refractivity contribution in [1.29, 1.82) is 0 Å². The Bertz CT molecular complexity index is 399. The van der Waals surface area contributed by atoms with E-state index in [1.165, 1.54) is 5.56 Å². The second-order valence-electron chi connectivity index (χ2n) is 5.24. The molecule has 0 fully saturated rings. The first-order valence-corrected chi connectivity index (χ1v) is 5.88. The zero-order valence-electron chi connectivity index (χ0n) is 11.2. The zero-order chi connectivity index (χ0) is 13.1. The van der Waals surface area contributed by atoms with Crippen LogP contribution in [-0.2, 0) is 11.3 Å².